The van der Waals surface area contributed by atoms with E-state index in [1.807, 2.05) is 0 Å². The van der Waals surface area contributed by atoms with Crippen LogP contribution in [0.25, 0.3) is 0 Å². The topological polar surface area (TPSA) is 76.6 Å². The molecule has 0 saturated carbocycles. The first-order chi connectivity index (χ1) is 12.2. The Hall–Kier alpha value is -2.00. The smallest absolute Gasteiger partial charge is 0.222 e. The third kappa shape index (κ3) is 6.72. The second-order valence-electron chi connectivity index (χ2n) is 5.96. The molecule has 0 aliphatic heterocycles. The van der Waals surface area contributed by atoms with E-state index >= 15 is 0 Å². The van der Waals surface area contributed by atoms with E-state index in [1.54, 1.807) is 19.5 Å². The molecular formula is C17H21FN2O4S2. The number of thiazole rings is 1. The number of sulfone groups is 1. The SMILES string of the molecule is CN(C)C(=O)CCCS(=O)(=O)Cc1csc(COc2ccc(F)cc2)n1. The Morgan fingerprint density at radius 3 is 2.62 bits per heavy atom. The van der Waals surface area contributed by atoms with Crippen LogP contribution in [0.4, 0.5) is 4.39 Å². The maximum atomic E-state index is 12.8. The summed E-state index contributed by atoms with van der Waals surface area (Å²) in [6, 6.07) is 5.64. The van der Waals surface area contributed by atoms with Gasteiger partial charge in [-0.15, -0.1) is 11.3 Å². The summed E-state index contributed by atoms with van der Waals surface area (Å²) in [6.07, 6.45) is 0.504. The fourth-order valence-corrected chi connectivity index (χ4v) is 4.26. The number of rotatable bonds is 9. The van der Waals surface area contributed by atoms with Gasteiger partial charge in [-0.3, -0.25) is 4.79 Å². The summed E-state index contributed by atoms with van der Waals surface area (Å²) in [6.45, 7) is 0.188. The lowest BCUT2D eigenvalue weighted by Gasteiger charge is -2.09. The lowest BCUT2D eigenvalue weighted by Crippen LogP contribution is -2.22. The summed E-state index contributed by atoms with van der Waals surface area (Å²) < 4.78 is 42.6. The van der Waals surface area contributed by atoms with E-state index in [4.69, 9.17) is 4.74 Å². The van der Waals surface area contributed by atoms with Gasteiger partial charge in [0, 0.05) is 25.9 Å². The van der Waals surface area contributed by atoms with Gasteiger partial charge < -0.3 is 9.64 Å². The highest BCUT2D eigenvalue weighted by Gasteiger charge is 2.16. The van der Waals surface area contributed by atoms with Gasteiger partial charge in [-0.2, -0.15) is 0 Å². The predicted molar refractivity (Wildman–Crippen MR) is 98.3 cm³/mol. The summed E-state index contributed by atoms with van der Waals surface area (Å²) in [7, 11) is -0.0425. The first kappa shape index (κ1) is 20.3. The van der Waals surface area contributed by atoms with Crippen molar-refractivity contribution in [3.8, 4) is 5.75 Å². The van der Waals surface area contributed by atoms with Crippen LogP contribution in [0, 0.1) is 5.82 Å². The van der Waals surface area contributed by atoms with Crippen molar-refractivity contribution in [1.82, 2.24) is 9.88 Å². The molecule has 2 rings (SSSR count). The maximum Gasteiger partial charge on any atom is 0.222 e. The standard InChI is InChI=1S/C17H21FN2O4S2/c1-20(2)17(21)4-3-9-26(22,23)12-14-11-25-16(19-14)10-24-15-7-5-13(18)6-8-15/h5-8,11H,3-4,9-10,12H2,1-2H3. The first-order valence-corrected chi connectivity index (χ1v) is 10.7. The predicted octanol–water partition coefficient (Wildman–Crippen LogP) is 2.64. The highest BCUT2D eigenvalue weighted by molar-refractivity contribution is 7.90. The monoisotopic (exact) mass is 400 g/mol. The number of hydrogen-bond donors (Lipinski definition) is 0. The highest BCUT2D eigenvalue weighted by Crippen LogP contribution is 2.17. The molecule has 1 amide bonds. The normalized spacial score (nSPS) is 11.3. The largest absolute Gasteiger partial charge is 0.486 e. The number of carbonyl (C=O) groups is 1. The van der Waals surface area contributed by atoms with Crippen molar-refractivity contribution in [2.24, 2.45) is 0 Å². The summed E-state index contributed by atoms with van der Waals surface area (Å²) >= 11 is 1.31. The number of hydrogen-bond acceptors (Lipinski definition) is 6. The molecule has 1 aromatic heterocycles. The second-order valence-corrected chi connectivity index (χ2v) is 9.09. The van der Waals surface area contributed by atoms with Crippen LogP contribution < -0.4 is 4.74 Å². The molecule has 0 aliphatic carbocycles. The zero-order valence-corrected chi connectivity index (χ0v) is 16.3. The molecule has 0 aliphatic rings. The number of halogens is 1. The van der Waals surface area contributed by atoms with E-state index in [-0.39, 0.29) is 36.3 Å². The highest BCUT2D eigenvalue weighted by atomic mass is 32.2. The zero-order chi connectivity index (χ0) is 19.2. The van der Waals surface area contributed by atoms with Gasteiger partial charge in [-0.25, -0.2) is 17.8 Å². The van der Waals surface area contributed by atoms with Crippen molar-refractivity contribution in [2.75, 3.05) is 19.8 Å². The van der Waals surface area contributed by atoms with E-state index in [0.29, 0.717) is 22.9 Å². The van der Waals surface area contributed by atoms with Gasteiger partial charge in [-0.05, 0) is 30.7 Å². The Kier molecular flexibility index (Phi) is 7.10. The number of carbonyl (C=O) groups excluding carboxylic acids is 1. The van der Waals surface area contributed by atoms with Gasteiger partial charge in [-0.1, -0.05) is 0 Å². The van der Waals surface area contributed by atoms with Gasteiger partial charge in [0.05, 0.1) is 17.2 Å². The molecule has 0 spiro atoms. The van der Waals surface area contributed by atoms with Gasteiger partial charge in [0.25, 0.3) is 0 Å². The van der Waals surface area contributed by atoms with Crippen molar-refractivity contribution in [2.45, 2.75) is 25.2 Å². The molecule has 0 fully saturated rings. The Bertz CT molecular complexity index is 833. The third-order valence-electron chi connectivity index (χ3n) is 3.49. The average Bonchev–Trinajstić information content (AvgIpc) is 3.00. The Morgan fingerprint density at radius 1 is 1.27 bits per heavy atom. The van der Waals surface area contributed by atoms with Crippen LogP contribution in [-0.4, -0.2) is 44.1 Å². The average molecular weight is 400 g/mol. The van der Waals surface area contributed by atoms with E-state index in [2.05, 4.69) is 4.98 Å². The van der Waals surface area contributed by atoms with Gasteiger partial charge >= 0.3 is 0 Å². The summed E-state index contributed by atoms with van der Waals surface area (Å²) in [5.74, 6) is -0.122. The van der Waals surface area contributed by atoms with Gasteiger partial charge in [0.2, 0.25) is 5.91 Å². The molecule has 0 N–H and O–H groups in total. The molecule has 0 unspecified atom stereocenters. The minimum atomic E-state index is -3.32. The van der Waals surface area contributed by atoms with E-state index in [1.165, 1.54) is 40.5 Å². The number of benzene rings is 1. The van der Waals surface area contributed by atoms with Crippen molar-refractivity contribution in [3.63, 3.8) is 0 Å². The summed E-state index contributed by atoms with van der Waals surface area (Å²) in [5.41, 5.74) is 0.464. The number of ether oxygens (including phenoxy) is 1. The molecule has 1 heterocycles. The summed E-state index contributed by atoms with van der Waals surface area (Å²) in [5, 5.41) is 2.33. The lowest BCUT2D eigenvalue weighted by atomic mass is 10.3. The maximum absolute atomic E-state index is 12.8. The molecule has 9 heteroatoms. The van der Waals surface area contributed by atoms with Crippen LogP contribution in [0.3, 0.4) is 0 Å². The van der Waals surface area contributed by atoms with Gasteiger partial charge in [0.1, 0.15) is 23.2 Å². The lowest BCUT2D eigenvalue weighted by molar-refractivity contribution is -0.128. The molecule has 26 heavy (non-hydrogen) atoms. The van der Waals surface area contributed by atoms with E-state index < -0.39 is 9.84 Å². The Labute approximate surface area is 156 Å². The summed E-state index contributed by atoms with van der Waals surface area (Å²) in [4.78, 5) is 17.2. The third-order valence-corrected chi connectivity index (χ3v) is 6.01. The minimum Gasteiger partial charge on any atom is -0.486 e. The van der Waals surface area contributed by atoms with E-state index in [9.17, 15) is 17.6 Å². The molecule has 0 saturated heterocycles. The van der Waals surface area contributed by atoms with Gasteiger partial charge in [0.15, 0.2) is 9.84 Å². The van der Waals surface area contributed by atoms with Crippen molar-refractivity contribution < 1.29 is 22.3 Å². The first-order valence-electron chi connectivity index (χ1n) is 7.97. The molecule has 0 atom stereocenters. The molecule has 0 radical (unpaired) electrons. The zero-order valence-electron chi connectivity index (χ0n) is 14.6. The molecular weight excluding hydrogens is 379 g/mol. The quantitative estimate of drug-likeness (QED) is 0.647. The molecule has 142 valence electrons. The van der Waals surface area contributed by atoms with Crippen molar-refractivity contribution in [1.29, 1.82) is 0 Å². The molecule has 6 nitrogen and oxygen atoms in total. The molecule has 2 aromatic rings. The fourth-order valence-electron chi connectivity index (χ4n) is 2.12. The minimum absolute atomic E-state index is 0.0501. The Balaban J connectivity index is 1.82. The van der Waals surface area contributed by atoms with Crippen LogP contribution in [0.5, 0.6) is 5.75 Å². The number of amides is 1. The van der Waals surface area contributed by atoms with Crippen LogP contribution in [-0.2, 0) is 27.0 Å². The number of aromatic nitrogens is 1. The van der Waals surface area contributed by atoms with E-state index in [0.717, 1.165) is 0 Å². The Morgan fingerprint density at radius 2 is 1.96 bits per heavy atom. The van der Waals surface area contributed by atoms with Crippen LogP contribution in [0.2, 0.25) is 0 Å². The molecule has 0 bridgehead atoms. The fraction of sp³-hybridized carbons (Fsp3) is 0.412. The second kappa shape index (κ2) is 9.09. The molecule has 1 aromatic carbocycles. The van der Waals surface area contributed by atoms with Crippen LogP contribution in [0.15, 0.2) is 29.6 Å². The number of nitrogens with zero attached hydrogens (tertiary/aromatic N) is 2. The van der Waals surface area contributed by atoms with Crippen molar-refractivity contribution in [3.05, 3.63) is 46.2 Å². The van der Waals surface area contributed by atoms with Crippen LogP contribution >= 0.6 is 11.3 Å². The van der Waals surface area contributed by atoms with Crippen LogP contribution in [0.1, 0.15) is 23.5 Å². The van der Waals surface area contributed by atoms with Crippen molar-refractivity contribution >= 4 is 27.1 Å².